The van der Waals surface area contributed by atoms with Crippen LogP contribution in [0.5, 0.6) is 5.75 Å². The van der Waals surface area contributed by atoms with E-state index < -0.39 is 6.09 Å². The Labute approximate surface area is 93.3 Å². The Hall–Kier alpha value is -1.75. The SMILES string of the molecule is CC1c2ccc(O)cc2CCN1NC(=O)O. The molecule has 86 valence electrons. The Morgan fingerprint density at radius 3 is 3.00 bits per heavy atom. The fourth-order valence-corrected chi connectivity index (χ4v) is 2.09. The second-order valence-electron chi connectivity index (χ2n) is 3.92. The van der Waals surface area contributed by atoms with E-state index in [4.69, 9.17) is 5.11 Å². The maximum atomic E-state index is 10.6. The molecule has 1 amide bonds. The molecule has 1 aromatic rings. The lowest BCUT2D eigenvalue weighted by Crippen LogP contribution is -2.46. The number of benzene rings is 1. The number of aromatic hydroxyl groups is 1. The Balaban J connectivity index is 2.25. The molecule has 0 spiro atoms. The third-order valence-electron chi connectivity index (χ3n) is 2.91. The molecule has 1 aliphatic rings. The van der Waals surface area contributed by atoms with Crippen molar-refractivity contribution in [3.63, 3.8) is 0 Å². The van der Waals surface area contributed by atoms with Crippen LogP contribution in [0.15, 0.2) is 18.2 Å². The Kier molecular flexibility index (Phi) is 2.70. The molecule has 1 aliphatic heterocycles. The van der Waals surface area contributed by atoms with Gasteiger partial charge in [0.25, 0.3) is 0 Å². The van der Waals surface area contributed by atoms with Gasteiger partial charge in [-0.2, -0.15) is 0 Å². The van der Waals surface area contributed by atoms with Crippen molar-refractivity contribution in [2.24, 2.45) is 0 Å². The van der Waals surface area contributed by atoms with Gasteiger partial charge >= 0.3 is 6.09 Å². The highest BCUT2D eigenvalue weighted by Crippen LogP contribution is 2.30. The second-order valence-corrected chi connectivity index (χ2v) is 3.92. The molecule has 2 rings (SSSR count). The van der Waals surface area contributed by atoms with Crippen molar-refractivity contribution in [3.05, 3.63) is 29.3 Å². The number of phenols is 1. The van der Waals surface area contributed by atoms with Crippen LogP contribution < -0.4 is 5.43 Å². The molecule has 1 unspecified atom stereocenters. The van der Waals surface area contributed by atoms with Crippen LogP contribution in [-0.2, 0) is 6.42 Å². The van der Waals surface area contributed by atoms with Gasteiger partial charge in [0.05, 0.1) is 6.04 Å². The van der Waals surface area contributed by atoms with Gasteiger partial charge in [0, 0.05) is 6.54 Å². The maximum Gasteiger partial charge on any atom is 0.419 e. The predicted octanol–water partition coefficient (Wildman–Crippen LogP) is 1.49. The van der Waals surface area contributed by atoms with Crippen molar-refractivity contribution in [2.75, 3.05) is 6.54 Å². The Morgan fingerprint density at radius 1 is 1.56 bits per heavy atom. The summed E-state index contributed by atoms with van der Waals surface area (Å²) in [5, 5.41) is 19.7. The summed E-state index contributed by atoms with van der Waals surface area (Å²) in [4.78, 5) is 10.6. The Morgan fingerprint density at radius 2 is 2.31 bits per heavy atom. The first kappa shape index (κ1) is 10.8. The molecule has 0 fully saturated rings. The molecule has 1 atom stereocenters. The van der Waals surface area contributed by atoms with Gasteiger partial charge in [0.1, 0.15) is 5.75 Å². The number of fused-ring (bicyclic) bond motifs is 1. The zero-order chi connectivity index (χ0) is 11.7. The summed E-state index contributed by atoms with van der Waals surface area (Å²) in [7, 11) is 0. The van der Waals surface area contributed by atoms with E-state index in [1.807, 2.05) is 13.0 Å². The molecule has 0 aliphatic carbocycles. The first-order valence-corrected chi connectivity index (χ1v) is 5.16. The van der Waals surface area contributed by atoms with Crippen LogP contribution in [0.3, 0.4) is 0 Å². The highest BCUT2D eigenvalue weighted by atomic mass is 16.4. The van der Waals surface area contributed by atoms with Gasteiger partial charge in [-0.05, 0) is 36.6 Å². The fraction of sp³-hybridized carbons (Fsp3) is 0.364. The third kappa shape index (κ3) is 1.94. The van der Waals surface area contributed by atoms with Gasteiger partial charge in [0.2, 0.25) is 0 Å². The van der Waals surface area contributed by atoms with E-state index in [0.29, 0.717) is 6.54 Å². The number of phenolic OH excluding ortho intramolecular Hbond substituents is 1. The number of nitrogens with zero attached hydrogens (tertiary/aromatic N) is 1. The number of rotatable bonds is 1. The minimum atomic E-state index is -1.05. The van der Waals surface area contributed by atoms with E-state index >= 15 is 0 Å². The van der Waals surface area contributed by atoms with Crippen molar-refractivity contribution in [1.29, 1.82) is 0 Å². The van der Waals surface area contributed by atoms with Gasteiger partial charge < -0.3 is 10.2 Å². The predicted molar refractivity (Wildman–Crippen MR) is 58.1 cm³/mol. The van der Waals surface area contributed by atoms with Crippen LogP contribution in [0.2, 0.25) is 0 Å². The molecule has 0 saturated heterocycles. The summed E-state index contributed by atoms with van der Waals surface area (Å²) in [5.74, 6) is 0.255. The molecular weight excluding hydrogens is 208 g/mol. The number of carbonyl (C=O) groups is 1. The molecule has 5 heteroatoms. The van der Waals surface area contributed by atoms with Crippen molar-refractivity contribution in [2.45, 2.75) is 19.4 Å². The minimum Gasteiger partial charge on any atom is -0.508 e. The molecule has 0 bridgehead atoms. The van der Waals surface area contributed by atoms with Crippen LogP contribution >= 0.6 is 0 Å². The van der Waals surface area contributed by atoms with Gasteiger partial charge in [-0.3, -0.25) is 5.43 Å². The topological polar surface area (TPSA) is 72.8 Å². The standard InChI is InChI=1S/C11H14N2O3/c1-7-10-3-2-9(14)6-8(10)4-5-13(7)12-11(15)16/h2-3,6-7,12,14H,4-5H2,1H3,(H,15,16). The Bertz CT molecular complexity index is 420. The van der Waals surface area contributed by atoms with E-state index in [1.165, 1.54) is 0 Å². The van der Waals surface area contributed by atoms with E-state index in [2.05, 4.69) is 5.43 Å². The largest absolute Gasteiger partial charge is 0.508 e. The van der Waals surface area contributed by atoms with E-state index in [1.54, 1.807) is 17.1 Å². The first-order valence-electron chi connectivity index (χ1n) is 5.16. The summed E-state index contributed by atoms with van der Waals surface area (Å²) in [6, 6.07) is 5.19. The maximum absolute atomic E-state index is 10.6. The van der Waals surface area contributed by atoms with Gasteiger partial charge in [-0.25, -0.2) is 9.80 Å². The second kappa shape index (κ2) is 4.02. The fourth-order valence-electron chi connectivity index (χ4n) is 2.09. The van der Waals surface area contributed by atoms with Crippen LogP contribution in [-0.4, -0.2) is 27.9 Å². The molecule has 0 radical (unpaired) electrons. The van der Waals surface area contributed by atoms with Crippen LogP contribution in [0, 0.1) is 0 Å². The van der Waals surface area contributed by atoms with Crippen LogP contribution in [0.25, 0.3) is 0 Å². The number of carboxylic acid groups (broad SMARTS) is 1. The zero-order valence-electron chi connectivity index (χ0n) is 8.97. The van der Waals surface area contributed by atoms with Gasteiger partial charge in [-0.15, -0.1) is 0 Å². The smallest absolute Gasteiger partial charge is 0.419 e. The number of hydrogen-bond acceptors (Lipinski definition) is 3. The van der Waals surface area contributed by atoms with Crippen molar-refractivity contribution in [1.82, 2.24) is 10.4 Å². The molecule has 1 aromatic carbocycles. The summed E-state index contributed by atoms with van der Waals surface area (Å²) >= 11 is 0. The molecule has 3 N–H and O–H groups in total. The van der Waals surface area contributed by atoms with Crippen molar-refractivity contribution < 1.29 is 15.0 Å². The minimum absolute atomic E-state index is 0.0135. The number of nitrogens with one attached hydrogen (secondary N) is 1. The molecule has 5 nitrogen and oxygen atoms in total. The number of amides is 1. The van der Waals surface area contributed by atoms with Crippen molar-refractivity contribution in [3.8, 4) is 5.75 Å². The summed E-state index contributed by atoms with van der Waals surface area (Å²) in [6.45, 7) is 2.55. The lowest BCUT2D eigenvalue weighted by Gasteiger charge is -2.34. The zero-order valence-corrected chi connectivity index (χ0v) is 8.97. The number of hydrazine groups is 1. The van der Waals surface area contributed by atoms with Crippen LogP contribution in [0.4, 0.5) is 4.79 Å². The molecule has 1 heterocycles. The molecule has 0 aromatic heterocycles. The van der Waals surface area contributed by atoms with Gasteiger partial charge in [0.15, 0.2) is 0 Å². The van der Waals surface area contributed by atoms with E-state index in [9.17, 15) is 9.90 Å². The molecular formula is C11H14N2O3. The normalized spacial score (nSPS) is 20.2. The first-order chi connectivity index (χ1) is 7.58. The van der Waals surface area contributed by atoms with E-state index in [0.717, 1.165) is 17.5 Å². The monoisotopic (exact) mass is 222 g/mol. The lowest BCUT2D eigenvalue weighted by molar-refractivity contribution is 0.105. The highest BCUT2D eigenvalue weighted by molar-refractivity contribution is 5.63. The third-order valence-corrected chi connectivity index (χ3v) is 2.91. The average molecular weight is 222 g/mol. The quantitative estimate of drug-likeness (QED) is 0.673. The summed E-state index contributed by atoms with van der Waals surface area (Å²) in [5.41, 5.74) is 4.51. The average Bonchev–Trinajstić information content (AvgIpc) is 2.22. The molecule has 0 saturated carbocycles. The molecule has 16 heavy (non-hydrogen) atoms. The highest BCUT2D eigenvalue weighted by Gasteiger charge is 2.24. The number of hydrogen-bond donors (Lipinski definition) is 3. The van der Waals surface area contributed by atoms with E-state index in [-0.39, 0.29) is 11.8 Å². The summed E-state index contributed by atoms with van der Waals surface area (Å²) < 4.78 is 0. The van der Waals surface area contributed by atoms with Crippen molar-refractivity contribution >= 4 is 6.09 Å². The lowest BCUT2D eigenvalue weighted by atomic mass is 9.94. The van der Waals surface area contributed by atoms with Gasteiger partial charge in [-0.1, -0.05) is 6.07 Å². The summed E-state index contributed by atoms with van der Waals surface area (Å²) in [6.07, 6.45) is -0.317. The van der Waals surface area contributed by atoms with Crippen LogP contribution in [0.1, 0.15) is 24.1 Å².